The molecule has 3 atom stereocenters. The minimum absolute atomic E-state index is 0.0317. The molecule has 12 heteroatoms. The Bertz CT molecular complexity index is 1300. The van der Waals surface area contributed by atoms with Gasteiger partial charge in [-0.3, -0.25) is 34.3 Å². The smallest absolute Gasteiger partial charge is 0.355 e. The van der Waals surface area contributed by atoms with Gasteiger partial charge in [-0.25, -0.2) is 4.79 Å². The van der Waals surface area contributed by atoms with Crippen LogP contribution in [0.5, 0.6) is 0 Å². The highest BCUT2D eigenvalue weighted by atomic mass is 32.2. The molecule has 178 valence electrons. The van der Waals surface area contributed by atoms with Gasteiger partial charge >= 0.3 is 5.97 Å². The van der Waals surface area contributed by atoms with E-state index < -0.39 is 51.2 Å². The Morgan fingerprint density at radius 1 is 1.06 bits per heavy atom. The number of nitro groups is 1. The summed E-state index contributed by atoms with van der Waals surface area (Å²) < 4.78 is 18.2. The Morgan fingerprint density at radius 3 is 2.23 bits per heavy atom. The predicted molar refractivity (Wildman–Crippen MR) is 120 cm³/mol. The van der Waals surface area contributed by atoms with E-state index in [2.05, 4.69) is 0 Å². The normalized spacial score (nSPS) is 23.1. The summed E-state index contributed by atoms with van der Waals surface area (Å²) in [5.74, 6) is -2.85. The van der Waals surface area contributed by atoms with Crippen molar-refractivity contribution in [2.24, 2.45) is 0 Å². The topological polar surface area (TPSA) is 150 Å². The molecule has 3 aliphatic rings. The van der Waals surface area contributed by atoms with Crippen LogP contribution in [0.25, 0.3) is 0 Å². The van der Waals surface area contributed by atoms with Crippen molar-refractivity contribution < 1.29 is 33.4 Å². The summed E-state index contributed by atoms with van der Waals surface area (Å²) in [6, 6.07) is 10.3. The molecular weight excluding hydrogens is 478 g/mol. The molecule has 0 bridgehead atoms. The minimum atomic E-state index is -1.66. The van der Waals surface area contributed by atoms with Crippen LogP contribution in [0.15, 0.2) is 59.8 Å². The number of hydrogen-bond acceptors (Lipinski definition) is 8. The van der Waals surface area contributed by atoms with E-state index in [1.54, 1.807) is 19.1 Å². The van der Waals surface area contributed by atoms with Gasteiger partial charge in [0.2, 0.25) is 5.37 Å². The lowest BCUT2D eigenvalue weighted by Crippen LogP contribution is -2.75. The highest BCUT2D eigenvalue weighted by Crippen LogP contribution is 2.41. The number of rotatable bonds is 5. The number of non-ortho nitro benzene ring substituents is 1. The third-order valence-electron chi connectivity index (χ3n) is 6.10. The number of amides is 3. The maximum absolute atomic E-state index is 13.1. The van der Waals surface area contributed by atoms with Crippen LogP contribution in [0, 0.1) is 10.1 Å². The third-order valence-corrected chi connectivity index (χ3v) is 7.83. The fourth-order valence-electron chi connectivity index (χ4n) is 4.42. The molecule has 1 saturated heterocycles. The predicted octanol–water partition coefficient (Wildman–Crippen LogP) is 1.51. The number of β-lactam (4-membered cyclic amide) rings is 1. The zero-order valence-corrected chi connectivity index (χ0v) is 19.0. The molecule has 1 fully saturated rings. The van der Waals surface area contributed by atoms with Gasteiger partial charge in [-0.1, -0.05) is 12.1 Å². The van der Waals surface area contributed by atoms with E-state index in [1.807, 2.05) is 0 Å². The highest BCUT2D eigenvalue weighted by Gasteiger charge is 2.65. The van der Waals surface area contributed by atoms with Gasteiger partial charge in [0, 0.05) is 17.7 Å². The van der Waals surface area contributed by atoms with Gasteiger partial charge in [-0.2, -0.15) is 0 Å². The van der Waals surface area contributed by atoms with Crippen LogP contribution in [-0.2, 0) is 32.1 Å². The van der Waals surface area contributed by atoms with Crippen molar-refractivity contribution in [3.8, 4) is 0 Å². The van der Waals surface area contributed by atoms with Crippen LogP contribution >= 0.6 is 0 Å². The zero-order valence-electron chi connectivity index (χ0n) is 18.2. The van der Waals surface area contributed by atoms with Crippen LogP contribution in [0.4, 0.5) is 5.69 Å². The van der Waals surface area contributed by atoms with Gasteiger partial charge in [0.05, 0.1) is 16.1 Å². The maximum Gasteiger partial charge on any atom is 0.355 e. The molecule has 0 N–H and O–H groups in total. The molecule has 0 radical (unpaired) electrons. The Morgan fingerprint density at radius 2 is 1.66 bits per heavy atom. The average molecular weight is 495 g/mol. The number of ether oxygens (including phenoxy) is 1. The van der Waals surface area contributed by atoms with E-state index in [9.17, 15) is 33.8 Å². The summed E-state index contributed by atoms with van der Waals surface area (Å²) in [7, 11) is 0. The van der Waals surface area contributed by atoms with Crippen molar-refractivity contribution in [3.05, 3.63) is 86.6 Å². The third kappa shape index (κ3) is 3.49. The van der Waals surface area contributed by atoms with Gasteiger partial charge in [0.15, 0.2) is 6.04 Å². The van der Waals surface area contributed by atoms with Crippen molar-refractivity contribution >= 4 is 40.6 Å². The van der Waals surface area contributed by atoms with Gasteiger partial charge in [0.1, 0.15) is 18.1 Å². The molecule has 2 aromatic rings. The number of fused-ring (bicyclic) bond motifs is 2. The summed E-state index contributed by atoms with van der Waals surface area (Å²) in [6.45, 7) is 1.35. The number of esters is 1. The number of nitrogens with zero attached hydrogens (tertiary/aromatic N) is 3. The van der Waals surface area contributed by atoms with Crippen LogP contribution in [0.2, 0.25) is 0 Å². The molecule has 5 rings (SSSR count). The number of carbonyl (C=O) groups is 4. The average Bonchev–Trinajstić information content (AvgIpc) is 3.08. The Labute approximate surface area is 201 Å². The fraction of sp³-hybridized carbons (Fsp3) is 0.217. The molecular formula is C23H17N3O8S. The maximum atomic E-state index is 13.1. The lowest BCUT2D eigenvalue weighted by Gasteiger charge is -2.50. The van der Waals surface area contributed by atoms with E-state index in [4.69, 9.17) is 4.74 Å². The molecule has 35 heavy (non-hydrogen) atoms. The summed E-state index contributed by atoms with van der Waals surface area (Å²) in [5, 5.41) is 9.72. The van der Waals surface area contributed by atoms with Crippen LogP contribution < -0.4 is 0 Å². The van der Waals surface area contributed by atoms with Crippen molar-refractivity contribution in [3.63, 3.8) is 0 Å². The molecule has 0 aliphatic carbocycles. The molecule has 3 amide bonds. The van der Waals surface area contributed by atoms with Crippen LogP contribution in [0.3, 0.4) is 0 Å². The van der Waals surface area contributed by atoms with Crippen molar-refractivity contribution in [2.45, 2.75) is 24.9 Å². The Balaban J connectivity index is 1.35. The summed E-state index contributed by atoms with van der Waals surface area (Å²) in [5.41, 5.74) is 1.02. The lowest BCUT2D eigenvalue weighted by atomic mass is 10.0. The van der Waals surface area contributed by atoms with E-state index in [0.717, 1.165) is 9.80 Å². The SMILES string of the molecule is CC1=C(C(=O)OCc2ccc([N+](=O)[O-])cc2)N2C(=O)C(N3C(=O)c4ccccc4C3=O)[C@@H]2[S+]([O-])C1. The summed E-state index contributed by atoms with van der Waals surface area (Å²) in [6.07, 6.45) is 0. The molecule has 2 aromatic carbocycles. The quantitative estimate of drug-likeness (QED) is 0.151. The summed E-state index contributed by atoms with van der Waals surface area (Å²) >= 11 is -1.66. The van der Waals surface area contributed by atoms with Gasteiger partial charge < -0.3 is 9.29 Å². The second kappa shape index (κ2) is 8.32. The first-order valence-electron chi connectivity index (χ1n) is 10.5. The van der Waals surface area contributed by atoms with Gasteiger partial charge in [-0.05, 0) is 47.9 Å². The largest absolute Gasteiger partial charge is 0.614 e. The first-order valence-corrected chi connectivity index (χ1v) is 11.9. The van der Waals surface area contributed by atoms with Crippen LogP contribution in [0.1, 0.15) is 33.2 Å². The molecule has 3 heterocycles. The fourth-order valence-corrected chi connectivity index (χ4v) is 6.13. The number of imide groups is 1. The number of carbonyl (C=O) groups excluding carboxylic acids is 4. The number of nitro benzene ring substituents is 1. The van der Waals surface area contributed by atoms with E-state index in [-0.39, 0.29) is 34.9 Å². The Hall–Kier alpha value is -4.03. The zero-order chi connectivity index (χ0) is 25.0. The minimum Gasteiger partial charge on any atom is -0.614 e. The van der Waals surface area contributed by atoms with Crippen molar-refractivity contribution in [1.82, 2.24) is 9.80 Å². The van der Waals surface area contributed by atoms with Gasteiger partial charge in [0.25, 0.3) is 23.4 Å². The second-order valence-electron chi connectivity index (χ2n) is 8.22. The second-order valence-corrected chi connectivity index (χ2v) is 9.76. The number of hydrogen-bond donors (Lipinski definition) is 0. The van der Waals surface area contributed by atoms with E-state index in [0.29, 0.717) is 11.1 Å². The van der Waals surface area contributed by atoms with Crippen molar-refractivity contribution in [2.75, 3.05) is 5.75 Å². The highest BCUT2D eigenvalue weighted by molar-refractivity contribution is 7.92. The van der Waals surface area contributed by atoms with E-state index in [1.165, 1.54) is 36.4 Å². The molecule has 2 unspecified atom stereocenters. The molecule has 0 aromatic heterocycles. The monoisotopic (exact) mass is 495 g/mol. The first kappa shape index (κ1) is 22.7. The van der Waals surface area contributed by atoms with Gasteiger partial charge in [-0.15, -0.1) is 0 Å². The molecule has 11 nitrogen and oxygen atoms in total. The van der Waals surface area contributed by atoms with E-state index >= 15 is 0 Å². The number of benzene rings is 2. The molecule has 0 saturated carbocycles. The van der Waals surface area contributed by atoms with Crippen LogP contribution in [-0.4, -0.2) is 60.1 Å². The molecule has 3 aliphatic heterocycles. The first-order chi connectivity index (χ1) is 16.7. The standard InChI is InChI=1S/C23H17N3O8S/c1-12-11-35(33)22-18(24-19(27)15-4-2-3-5-16(15)20(24)28)21(29)25(22)17(12)23(30)34-10-13-6-8-14(9-7-13)26(31)32/h2-9,18,22H,10-11H2,1H3/t18?,22-,35?/m0/s1. The molecule has 0 spiro atoms. The lowest BCUT2D eigenvalue weighted by molar-refractivity contribution is -0.384. The van der Waals surface area contributed by atoms with Crippen molar-refractivity contribution in [1.29, 1.82) is 0 Å². The summed E-state index contributed by atoms with van der Waals surface area (Å²) in [4.78, 5) is 63.9. The Kier molecular flexibility index (Phi) is 5.41.